The number of rotatable bonds is 7. The van der Waals surface area contributed by atoms with Gasteiger partial charge in [0.05, 0.1) is 13.2 Å². The molecule has 1 fully saturated rings. The van der Waals surface area contributed by atoms with E-state index in [0.29, 0.717) is 35.4 Å². The molecule has 1 aromatic carbocycles. The number of methoxy groups -OCH3 is 1. The predicted molar refractivity (Wildman–Crippen MR) is 101 cm³/mol. The lowest BCUT2D eigenvalue weighted by atomic mass is 10.0. The zero-order chi connectivity index (χ0) is 18.0. The van der Waals surface area contributed by atoms with Crippen LogP contribution in [0.25, 0.3) is 5.69 Å². The molecule has 1 atom stereocenters. The SMILES string of the molecule is COc1ccc(NC(=O)[C@@H](N)CC(C)C)cc1-n1nnnc1C1CC1.Cl. The second kappa shape index (κ2) is 8.46. The average Bonchev–Trinajstić information content (AvgIpc) is 3.31. The van der Waals surface area contributed by atoms with Crippen LogP contribution in [0, 0.1) is 5.92 Å². The van der Waals surface area contributed by atoms with Gasteiger partial charge in [-0.1, -0.05) is 13.8 Å². The van der Waals surface area contributed by atoms with Crippen LogP contribution in [-0.2, 0) is 4.79 Å². The van der Waals surface area contributed by atoms with Crippen molar-refractivity contribution in [1.29, 1.82) is 0 Å². The van der Waals surface area contributed by atoms with Crippen LogP contribution in [-0.4, -0.2) is 39.3 Å². The summed E-state index contributed by atoms with van der Waals surface area (Å²) >= 11 is 0. The van der Waals surface area contributed by atoms with Crippen molar-refractivity contribution < 1.29 is 9.53 Å². The van der Waals surface area contributed by atoms with Crippen LogP contribution in [0.4, 0.5) is 5.69 Å². The smallest absolute Gasteiger partial charge is 0.241 e. The summed E-state index contributed by atoms with van der Waals surface area (Å²) in [6, 6.07) is 4.84. The summed E-state index contributed by atoms with van der Waals surface area (Å²) in [6.07, 6.45) is 2.81. The molecule has 0 saturated heterocycles. The van der Waals surface area contributed by atoms with E-state index in [4.69, 9.17) is 10.5 Å². The Balaban J connectivity index is 0.00000243. The van der Waals surface area contributed by atoms with Crippen LogP contribution in [0.5, 0.6) is 5.75 Å². The molecule has 0 unspecified atom stereocenters. The molecule has 1 saturated carbocycles. The maximum absolute atomic E-state index is 12.3. The number of benzene rings is 1. The Morgan fingerprint density at radius 2 is 2.15 bits per heavy atom. The Kier molecular flexibility index (Phi) is 6.55. The van der Waals surface area contributed by atoms with Crippen molar-refractivity contribution in [2.45, 2.75) is 45.1 Å². The number of aromatic nitrogens is 4. The number of amides is 1. The molecule has 0 spiro atoms. The number of tetrazole rings is 1. The van der Waals surface area contributed by atoms with Crippen molar-refractivity contribution >= 4 is 24.0 Å². The molecule has 3 rings (SSSR count). The van der Waals surface area contributed by atoms with E-state index in [1.165, 1.54) is 0 Å². The third kappa shape index (κ3) is 4.50. The highest BCUT2D eigenvalue weighted by Gasteiger charge is 2.30. The van der Waals surface area contributed by atoms with E-state index >= 15 is 0 Å². The third-order valence-corrected chi connectivity index (χ3v) is 4.17. The molecule has 2 aromatic rings. The van der Waals surface area contributed by atoms with Crippen LogP contribution in [0.3, 0.4) is 0 Å². The number of nitrogens with one attached hydrogen (secondary N) is 1. The van der Waals surface area contributed by atoms with Gasteiger partial charge in [-0.15, -0.1) is 17.5 Å². The Labute approximate surface area is 158 Å². The summed E-state index contributed by atoms with van der Waals surface area (Å²) in [5, 5.41) is 14.9. The van der Waals surface area contributed by atoms with Crippen LogP contribution >= 0.6 is 12.4 Å². The Morgan fingerprint density at radius 1 is 1.42 bits per heavy atom. The second-order valence-electron chi connectivity index (χ2n) is 6.84. The van der Waals surface area contributed by atoms with E-state index in [1.54, 1.807) is 30.0 Å². The summed E-state index contributed by atoms with van der Waals surface area (Å²) in [6.45, 7) is 4.07. The van der Waals surface area contributed by atoms with Crippen molar-refractivity contribution in [3.05, 3.63) is 24.0 Å². The number of carbonyl (C=O) groups is 1. The summed E-state index contributed by atoms with van der Waals surface area (Å²) in [5.74, 6) is 1.99. The molecular formula is C17H25ClN6O2. The van der Waals surface area contributed by atoms with Crippen molar-refractivity contribution in [3.8, 4) is 11.4 Å². The molecule has 1 aliphatic rings. The van der Waals surface area contributed by atoms with Gasteiger partial charge in [-0.3, -0.25) is 4.79 Å². The predicted octanol–water partition coefficient (Wildman–Crippen LogP) is 2.28. The van der Waals surface area contributed by atoms with Gasteiger partial charge in [0.2, 0.25) is 5.91 Å². The summed E-state index contributed by atoms with van der Waals surface area (Å²) in [5.41, 5.74) is 7.29. The number of halogens is 1. The zero-order valence-corrected chi connectivity index (χ0v) is 16.0. The van der Waals surface area contributed by atoms with Gasteiger partial charge < -0.3 is 15.8 Å². The van der Waals surface area contributed by atoms with E-state index in [1.807, 2.05) is 13.8 Å². The molecule has 142 valence electrons. The molecule has 26 heavy (non-hydrogen) atoms. The van der Waals surface area contributed by atoms with Crippen molar-refractivity contribution in [2.75, 3.05) is 12.4 Å². The average molecular weight is 381 g/mol. The number of hydrogen-bond donors (Lipinski definition) is 2. The van der Waals surface area contributed by atoms with E-state index < -0.39 is 6.04 Å². The molecule has 0 aliphatic heterocycles. The molecule has 9 heteroatoms. The summed E-state index contributed by atoms with van der Waals surface area (Å²) < 4.78 is 7.11. The summed E-state index contributed by atoms with van der Waals surface area (Å²) in [4.78, 5) is 12.3. The minimum Gasteiger partial charge on any atom is -0.494 e. The van der Waals surface area contributed by atoms with Gasteiger partial charge in [0, 0.05) is 11.6 Å². The Morgan fingerprint density at radius 3 is 2.77 bits per heavy atom. The van der Waals surface area contributed by atoms with Crippen LogP contribution in [0.2, 0.25) is 0 Å². The number of hydrogen-bond acceptors (Lipinski definition) is 6. The van der Waals surface area contributed by atoms with E-state index in [-0.39, 0.29) is 18.3 Å². The molecule has 1 aliphatic carbocycles. The quantitative estimate of drug-likeness (QED) is 0.762. The number of ether oxygens (including phenoxy) is 1. The molecule has 8 nitrogen and oxygen atoms in total. The number of anilines is 1. The first-order valence-corrected chi connectivity index (χ1v) is 8.52. The fourth-order valence-electron chi connectivity index (χ4n) is 2.74. The van der Waals surface area contributed by atoms with Gasteiger partial charge >= 0.3 is 0 Å². The lowest BCUT2D eigenvalue weighted by molar-refractivity contribution is -0.117. The first-order valence-electron chi connectivity index (χ1n) is 8.52. The maximum Gasteiger partial charge on any atom is 0.241 e. The highest BCUT2D eigenvalue weighted by atomic mass is 35.5. The highest BCUT2D eigenvalue weighted by Crippen LogP contribution is 2.40. The number of carbonyl (C=O) groups excluding carboxylic acids is 1. The van der Waals surface area contributed by atoms with E-state index in [2.05, 4.69) is 20.8 Å². The highest BCUT2D eigenvalue weighted by molar-refractivity contribution is 5.95. The van der Waals surface area contributed by atoms with Gasteiger partial charge in [-0.25, -0.2) is 0 Å². The fraction of sp³-hybridized carbons (Fsp3) is 0.529. The first-order chi connectivity index (χ1) is 12.0. The van der Waals surface area contributed by atoms with Gasteiger partial charge in [0.25, 0.3) is 0 Å². The lowest BCUT2D eigenvalue weighted by Crippen LogP contribution is -2.36. The number of nitrogens with two attached hydrogens (primary N) is 1. The topological polar surface area (TPSA) is 108 Å². The van der Waals surface area contributed by atoms with E-state index in [9.17, 15) is 4.79 Å². The van der Waals surface area contributed by atoms with Crippen LogP contribution < -0.4 is 15.8 Å². The fourth-order valence-corrected chi connectivity index (χ4v) is 2.74. The monoisotopic (exact) mass is 380 g/mol. The van der Waals surface area contributed by atoms with Crippen molar-refractivity contribution in [1.82, 2.24) is 20.2 Å². The van der Waals surface area contributed by atoms with Gasteiger partial charge in [-0.05, 0) is 53.8 Å². The zero-order valence-electron chi connectivity index (χ0n) is 15.2. The normalized spacial score (nSPS) is 14.7. The largest absolute Gasteiger partial charge is 0.494 e. The minimum absolute atomic E-state index is 0. The molecule has 0 bridgehead atoms. The molecule has 3 N–H and O–H groups in total. The Bertz CT molecular complexity index is 759. The van der Waals surface area contributed by atoms with Crippen molar-refractivity contribution in [3.63, 3.8) is 0 Å². The maximum atomic E-state index is 12.3. The van der Waals surface area contributed by atoms with Crippen LogP contribution in [0.1, 0.15) is 44.9 Å². The molecule has 1 aromatic heterocycles. The first kappa shape index (κ1) is 20.1. The third-order valence-electron chi connectivity index (χ3n) is 4.17. The van der Waals surface area contributed by atoms with Gasteiger partial charge in [0.1, 0.15) is 11.4 Å². The minimum atomic E-state index is -0.541. The van der Waals surface area contributed by atoms with Gasteiger partial charge in [-0.2, -0.15) is 4.68 Å². The molecule has 0 radical (unpaired) electrons. The van der Waals surface area contributed by atoms with Gasteiger partial charge in [0.15, 0.2) is 5.82 Å². The van der Waals surface area contributed by atoms with E-state index in [0.717, 1.165) is 18.7 Å². The second-order valence-corrected chi connectivity index (χ2v) is 6.84. The molecule has 1 heterocycles. The van der Waals surface area contributed by atoms with Crippen LogP contribution in [0.15, 0.2) is 18.2 Å². The standard InChI is InChI=1S/C17H24N6O2.ClH/c1-10(2)8-13(18)17(24)19-12-6-7-15(25-3)14(9-12)23-16(11-4-5-11)20-21-22-23;/h6-7,9-11,13H,4-5,8,18H2,1-3H3,(H,19,24);1H/t13-;/m0./s1. The summed E-state index contributed by atoms with van der Waals surface area (Å²) in [7, 11) is 1.59. The number of nitrogens with zero attached hydrogens (tertiary/aromatic N) is 4. The molecule has 1 amide bonds. The molecular weight excluding hydrogens is 356 g/mol. The lowest BCUT2D eigenvalue weighted by Gasteiger charge is -2.16. The Hall–Kier alpha value is -2.19. The van der Waals surface area contributed by atoms with Crippen molar-refractivity contribution in [2.24, 2.45) is 11.7 Å².